The minimum atomic E-state index is -0.00334. The van der Waals surface area contributed by atoms with E-state index in [9.17, 15) is 9.90 Å². The number of phenols is 1. The van der Waals surface area contributed by atoms with Crippen molar-refractivity contribution in [1.29, 1.82) is 0 Å². The van der Waals surface area contributed by atoms with Crippen molar-refractivity contribution in [3.8, 4) is 5.75 Å². The first-order valence-corrected chi connectivity index (χ1v) is 10.4. The molecule has 2 N–H and O–H groups in total. The number of amides is 1. The van der Waals surface area contributed by atoms with Crippen LogP contribution in [0, 0.1) is 19.8 Å². The highest BCUT2D eigenvalue weighted by Crippen LogP contribution is 2.28. The van der Waals surface area contributed by atoms with Crippen LogP contribution in [0.4, 0.5) is 5.69 Å². The van der Waals surface area contributed by atoms with Gasteiger partial charge in [-0.1, -0.05) is 29.8 Å². The highest BCUT2D eigenvalue weighted by atomic mass is 35.5. The Hall–Kier alpha value is -2.04. The van der Waals surface area contributed by atoms with E-state index >= 15 is 0 Å². The number of aromatic hydroxyl groups is 1. The van der Waals surface area contributed by atoms with Crippen LogP contribution >= 0.6 is 11.6 Å². The molecule has 4 nitrogen and oxygen atoms in total. The van der Waals surface area contributed by atoms with E-state index in [-0.39, 0.29) is 5.91 Å². The molecule has 2 aromatic carbocycles. The fourth-order valence-electron chi connectivity index (χ4n) is 3.92. The lowest BCUT2D eigenvalue weighted by Crippen LogP contribution is -2.39. The van der Waals surface area contributed by atoms with Gasteiger partial charge in [-0.15, -0.1) is 0 Å². The summed E-state index contributed by atoms with van der Waals surface area (Å²) >= 11 is 6.29. The molecule has 0 spiro atoms. The molecule has 1 fully saturated rings. The summed E-state index contributed by atoms with van der Waals surface area (Å²) in [6.07, 6.45) is 4.44. The third-order valence-corrected chi connectivity index (χ3v) is 5.85. The molecule has 3 rings (SSSR count). The van der Waals surface area contributed by atoms with Crippen molar-refractivity contribution >= 4 is 23.2 Å². The summed E-state index contributed by atoms with van der Waals surface area (Å²) in [5, 5.41) is 12.9. The molecule has 0 aromatic heterocycles. The molecule has 1 amide bonds. The second-order valence-corrected chi connectivity index (χ2v) is 8.32. The highest BCUT2D eigenvalue weighted by Gasteiger charge is 2.21. The zero-order valence-electron chi connectivity index (χ0n) is 16.7. The molecule has 0 atom stereocenters. The first kappa shape index (κ1) is 20.7. The predicted octanol–water partition coefficient (Wildman–Crippen LogP) is 4.95. The molecule has 0 bridgehead atoms. The van der Waals surface area contributed by atoms with Crippen molar-refractivity contribution in [1.82, 2.24) is 4.90 Å². The number of halogens is 1. The maximum atomic E-state index is 12.5. The summed E-state index contributed by atoms with van der Waals surface area (Å²) in [4.78, 5) is 14.7. The number of benzene rings is 2. The number of nitrogens with zero attached hydrogens (tertiary/aromatic N) is 1. The number of phenolic OH excluding ortho intramolecular Hbond substituents is 1. The molecule has 0 radical (unpaired) electrons. The minimum absolute atomic E-state index is 0.00334. The van der Waals surface area contributed by atoms with E-state index < -0.39 is 0 Å². The van der Waals surface area contributed by atoms with Crippen LogP contribution in [0.5, 0.6) is 5.75 Å². The van der Waals surface area contributed by atoms with Gasteiger partial charge < -0.3 is 10.4 Å². The van der Waals surface area contributed by atoms with Crippen molar-refractivity contribution in [2.75, 3.05) is 25.0 Å². The lowest BCUT2D eigenvalue weighted by molar-refractivity contribution is -0.117. The van der Waals surface area contributed by atoms with E-state index in [4.69, 9.17) is 11.6 Å². The van der Waals surface area contributed by atoms with Crippen LogP contribution in [0.25, 0.3) is 0 Å². The largest absolute Gasteiger partial charge is 0.508 e. The number of anilines is 1. The Labute approximate surface area is 172 Å². The number of hydrogen-bond donors (Lipinski definition) is 2. The standard InChI is InChI=1S/C23H29ClN2O2/c1-16-13-17(2)23(21(24)14-16)25-22(28)15-26-11-9-19(10-12-26)4-3-18-5-7-20(27)8-6-18/h5-8,13-14,19,27H,3-4,9-12,15H2,1-2H3,(H,25,28). The molecule has 5 heteroatoms. The number of carbonyl (C=O) groups is 1. The van der Waals surface area contributed by atoms with Crippen LogP contribution in [0.1, 0.15) is 36.0 Å². The monoisotopic (exact) mass is 400 g/mol. The first-order valence-electron chi connectivity index (χ1n) is 9.97. The quantitative estimate of drug-likeness (QED) is 0.721. The summed E-state index contributed by atoms with van der Waals surface area (Å²) in [6.45, 7) is 6.28. The molecule has 1 aliphatic rings. The molecule has 28 heavy (non-hydrogen) atoms. The molecule has 1 heterocycles. The van der Waals surface area contributed by atoms with Crippen molar-refractivity contribution in [3.63, 3.8) is 0 Å². The Morgan fingerprint density at radius 2 is 1.86 bits per heavy atom. The maximum Gasteiger partial charge on any atom is 0.238 e. The SMILES string of the molecule is Cc1cc(C)c(NC(=O)CN2CCC(CCc3ccc(O)cc3)CC2)c(Cl)c1. The fourth-order valence-corrected chi connectivity index (χ4v) is 4.29. The van der Waals surface area contributed by atoms with Crippen molar-refractivity contribution in [2.45, 2.75) is 39.5 Å². The summed E-state index contributed by atoms with van der Waals surface area (Å²) in [5.41, 5.74) is 4.08. The Morgan fingerprint density at radius 3 is 2.50 bits per heavy atom. The van der Waals surface area contributed by atoms with Gasteiger partial charge in [0.25, 0.3) is 0 Å². The van der Waals surface area contributed by atoms with Crippen LogP contribution in [0.15, 0.2) is 36.4 Å². The highest BCUT2D eigenvalue weighted by molar-refractivity contribution is 6.34. The van der Waals surface area contributed by atoms with Gasteiger partial charge in [0.1, 0.15) is 5.75 Å². The Bertz CT molecular complexity index is 789. The first-order chi connectivity index (χ1) is 13.4. The van der Waals surface area contributed by atoms with Gasteiger partial charge in [0.2, 0.25) is 5.91 Å². The summed E-state index contributed by atoms with van der Waals surface area (Å²) in [7, 11) is 0. The summed E-state index contributed by atoms with van der Waals surface area (Å²) < 4.78 is 0. The summed E-state index contributed by atoms with van der Waals surface area (Å²) in [5.74, 6) is 1.01. The average Bonchev–Trinajstić information content (AvgIpc) is 2.65. The van der Waals surface area contributed by atoms with E-state index in [1.165, 1.54) is 5.56 Å². The van der Waals surface area contributed by atoms with Crippen LogP contribution in [-0.4, -0.2) is 35.5 Å². The Kier molecular flexibility index (Phi) is 6.97. The number of nitrogens with one attached hydrogen (secondary N) is 1. The second-order valence-electron chi connectivity index (χ2n) is 7.91. The van der Waals surface area contributed by atoms with E-state index in [0.717, 1.165) is 55.6 Å². The van der Waals surface area contributed by atoms with E-state index in [2.05, 4.69) is 10.2 Å². The number of hydrogen-bond acceptors (Lipinski definition) is 3. The third-order valence-electron chi connectivity index (χ3n) is 5.55. The Morgan fingerprint density at radius 1 is 1.18 bits per heavy atom. The molecular formula is C23H29ClN2O2. The minimum Gasteiger partial charge on any atom is -0.508 e. The van der Waals surface area contributed by atoms with Crippen LogP contribution < -0.4 is 5.32 Å². The Balaban J connectivity index is 1.42. The molecule has 0 aliphatic carbocycles. The van der Waals surface area contributed by atoms with Crippen molar-refractivity contribution in [2.24, 2.45) is 5.92 Å². The average molecular weight is 401 g/mol. The number of carbonyl (C=O) groups excluding carboxylic acids is 1. The van der Waals surface area contributed by atoms with Crippen LogP contribution in [-0.2, 0) is 11.2 Å². The smallest absolute Gasteiger partial charge is 0.238 e. The molecule has 1 aliphatic heterocycles. The van der Waals surface area contributed by atoms with Gasteiger partial charge in [0, 0.05) is 0 Å². The number of piperidine rings is 1. The van der Waals surface area contributed by atoms with Gasteiger partial charge in [0.15, 0.2) is 0 Å². The fraction of sp³-hybridized carbons (Fsp3) is 0.435. The zero-order valence-corrected chi connectivity index (χ0v) is 17.4. The number of aryl methyl sites for hydroxylation is 3. The molecular weight excluding hydrogens is 372 g/mol. The van der Waals surface area contributed by atoms with Crippen molar-refractivity contribution < 1.29 is 9.90 Å². The van der Waals surface area contributed by atoms with Gasteiger partial charge in [0.05, 0.1) is 17.3 Å². The number of likely N-dealkylation sites (tertiary alicyclic amines) is 1. The van der Waals surface area contributed by atoms with E-state index in [1.54, 1.807) is 12.1 Å². The van der Waals surface area contributed by atoms with E-state index in [1.807, 2.05) is 38.1 Å². The molecule has 1 saturated heterocycles. The normalized spacial score (nSPS) is 15.5. The van der Waals surface area contributed by atoms with Crippen LogP contribution in [0.3, 0.4) is 0 Å². The van der Waals surface area contributed by atoms with Gasteiger partial charge in [-0.25, -0.2) is 0 Å². The van der Waals surface area contributed by atoms with Gasteiger partial charge in [-0.2, -0.15) is 0 Å². The molecule has 2 aromatic rings. The van der Waals surface area contributed by atoms with Crippen molar-refractivity contribution in [3.05, 3.63) is 58.1 Å². The van der Waals surface area contributed by atoms with Gasteiger partial charge in [-0.05, 0) is 93.4 Å². The molecule has 150 valence electrons. The van der Waals surface area contributed by atoms with Gasteiger partial charge >= 0.3 is 0 Å². The molecule has 0 saturated carbocycles. The third kappa shape index (κ3) is 5.73. The topological polar surface area (TPSA) is 52.6 Å². The van der Waals surface area contributed by atoms with E-state index in [0.29, 0.717) is 23.2 Å². The zero-order chi connectivity index (χ0) is 20.1. The second kappa shape index (κ2) is 9.44. The lowest BCUT2D eigenvalue weighted by atomic mass is 9.90. The van der Waals surface area contributed by atoms with Gasteiger partial charge in [-0.3, -0.25) is 9.69 Å². The maximum absolute atomic E-state index is 12.5. The van der Waals surface area contributed by atoms with Crippen LogP contribution in [0.2, 0.25) is 5.02 Å². The molecule has 0 unspecified atom stereocenters. The predicted molar refractivity (Wildman–Crippen MR) is 115 cm³/mol. The number of rotatable bonds is 6. The summed E-state index contributed by atoms with van der Waals surface area (Å²) in [6, 6.07) is 11.4. The lowest BCUT2D eigenvalue weighted by Gasteiger charge is -2.31.